The number of nitrogens with two attached hydrogens (primary N) is 1. The van der Waals surface area contributed by atoms with Crippen LogP contribution in [0.3, 0.4) is 0 Å². The van der Waals surface area contributed by atoms with Crippen LogP contribution in [0.15, 0.2) is 24.4 Å². The standard InChI is InChI=1S/C28H31N5O3S/c1-14-11-15(2)31-22(23(14)32-9-6-16(7-10-32)25(29)34)18-5-8-30-19-12-17(37-24(18)19)13-33-26(35)20-21(27(33)36)28(20,3)4/h5,8,11-12,16,20-21H,6-7,9-10,13H2,1-4H3,(H2,29,34). The third-order valence-electron chi connectivity index (χ3n) is 8.45. The first kappa shape index (κ1) is 24.0. The van der Waals surface area contributed by atoms with Crippen LogP contribution in [0.2, 0.25) is 0 Å². The molecule has 1 aliphatic carbocycles. The minimum Gasteiger partial charge on any atom is -0.370 e. The highest BCUT2D eigenvalue weighted by molar-refractivity contribution is 7.19. The summed E-state index contributed by atoms with van der Waals surface area (Å²) in [4.78, 5) is 51.7. The molecule has 0 bridgehead atoms. The van der Waals surface area contributed by atoms with E-state index in [-0.39, 0.29) is 47.4 Å². The highest BCUT2D eigenvalue weighted by Gasteiger charge is 2.72. The van der Waals surface area contributed by atoms with Gasteiger partial charge in [-0.15, -0.1) is 11.3 Å². The van der Waals surface area contributed by atoms with Gasteiger partial charge in [-0.05, 0) is 55.9 Å². The van der Waals surface area contributed by atoms with E-state index < -0.39 is 0 Å². The molecule has 2 atom stereocenters. The summed E-state index contributed by atoms with van der Waals surface area (Å²) in [6.45, 7) is 9.86. The number of nitrogens with zero attached hydrogens (tertiary/aromatic N) is 4. The van der Waals surface area contributed by atoms with E-state index in [1.54, 1.807) is 17.5 Å². The lowest BCUT2D eigenvalue weighted by atomic mass is 9.94. The number of anilines is 1. The Balaban J connectivity index is 1.35. The van der Waals surface area contributed by atoms with Crippen LogP contribution in [0.4, 0.5) is 5.69 Å². The minimum atomic E-state index is -0.226. The number of likely N-dealkylation sites (tertiary alicyclic amines) is 1. The minimum absolute atomic E-state index is 0.0525. The predicted molar refractivity (Wildman–Crippen MR) is 143 cm³/mol. The van der Waals surface area contributed by atoms with Crippen molar-refractivity contribution in [3.05, 3.63) is 40.5 Å². The van der Waals surface area contributed by atoms with E-state index in [2.05, 4.69) is 22.9 Å². The molecule has 3 fully saturated rings. The van der Waals surface area contributed by atoms with Crippen LogP contribution in [0.5, 0.6) is 0 Å². The van der Waals surface area contributed by atoms with Crippen molar-refractivity contribution in [1.82, 2.24) is 14.9 Å². The van der Waals surface area contributed by atoms with Crippen LogP contribution < -0.4 is 10.6 Å². The molecule has 0 spiro atoms. The summed E-state index contributed by atoms with van der Waals surface area (Å²) in [5.41, 5.74) is 11.2. The molecule has 1 saturated carbocycles. The Bertz CT molecular complexity index is 1450. The molecule has 5 heterocycles. The summed E-state index contributed by atoms with van der Waals surface area (Å²) < 4.78 is 0.993. The van der Waals surface area contributed by atoms with Crippen LogP contribution >= 0.6 is 11.3 Å². The fourth-order valence-electron chi connectivity index (χ4n) is 6.37. The fraction of sp³-hybridized carbons (Fsp3) is 0.464. The van der Waals surface area contributed by atoms with Gasteiger partial charge in [0.05, 0.1) is 40.0 Å². The van der Waals surface area contributed by atoms with Gasteiger partial charge in [0.2, 0.25) is 17.7 Å². The Morgan fingerprint density at radius 2 is 1.81 bits per heavy atom. The lowest BCUT2D eigenvalue weighted by Crippen LogP contribution is -2.39. The van der Waals surface area contributed by atoms with Crippen LogP contribution in [-0.2, 0) is 20.9 Å². The Kier molecular flexibility index (Phi) is 5.42. The van der Waals surface area contributed by atoms with Gasteiger partial charge in [0.25, 0.3) is 0 Å². The fourth-order valence-corrected chi connectivity index (χ4v) is 7.49. The summed E-state index contributed by atoms with van der Waals surface area (Å²) in [6.07, 6.45) is 3.25. The Morgan fingerprint density at radius 1 is 1.14 bits per heavy atom. The lowest BCUT2D eigenvalue weighted by molar-refractivity contribution is -0.143. The maximum atomic E-state index is 12.9. The zero-order valence-corrected chi connectivity index (χ0v) is 22.4. The number of amides is 3. The second kappa shape index (κ2) is 8.34. The van der Waals surface area contributed by atoms with Crippen molar-refractivity contribution in [2.75, 3.05) is 18.0 Å². The molecule has 192 valence electrons. The monoisotopic (exact) mass is 517 g/mol. The number of primary amides is 1. The van der Waals surface area contributed by atoms with Crippen LogP contribution in [0, 0.1) is 37.0 Å². The topological polar surface area (TPSA) is 109 Å². The first-order valence-corrected chi connectivity index (χ1v) is 13.6. The highest BCUT2D eigenvalue weighted by atomic mass is 32.1. The molecule has 9 heteroatoms. The normalized spacial score (nSPS) is 23.1. The Morgan fingerprint density at radius 3 is 2.46 bits per heavy atom. The van der Waals surface area contributed by atoms with Crippen LogP contribution in [-0.4, -0.2) is 45.7 Å². The number of rotatable bonds is 5. The number of hydrogen-bond acceptors (Lipinski definition) is 7. The molecule has 2 N–H and O–H groups in total. The highest BCUT2D eigenvalue weighted by Crippen LogP contribution is 2.63. The molecule has 37 heavy (non-hydrogen) atoms. The third-order valence-corrected chi connectivity index (χ3v) is 9.59. The molecule has 3 aromatic heterocycles. The van der Waals surface area contributed by atoms with Crippen molar-refractivity contribution in [2.24, 2.45) is 28.9 Å². The van der Waals surface area contributed by atoms with Crippen molar-refractivity contribution >= 4 is 45.0 Å². The number of carbonyl (C=O) groups excluding carboxylic acids is 3. The average Bonchev–Trinajstić information content (AvgIpc) is 3.09. The largest absolute Gasteiger partial charge is 0.370 e. The molecule has 0 aromatic carbocycles. The first-order valence-electron chi connectivity index (χ1n) is 12.8. The van der Waals surface area contributed by atoms with Gasteiger partial charge in [0.1, 0.15) is 0 Å². The Labute approximate surface area is 219 Å². The van der Waals surface area contributed by atoms with Gasteiger partial charge in [-0.2, -0.15) is 0 Å². The van der Waals surface area contributed by atoms with Gasteiger partial charge < -0.3 is 10.6 Å². The smallest absolute Gasteiger partial charge is 0.234 e. The quantitative estimate of drug-likeness (QED) is 0.516. The number of fused-ring (bicyclic) bond motifs is 2. The molecular weight excluding hydrogens is 486 g/mol. The molecule has 2 unspecified atom stereocenters. The van der Waals surface area contributed by atoms with Gasteiger partial charge >= 0.3 is 0 Å². The zero-order valence-electron chi connectivity index (χ0n) is 21.6. The SMILES string of the molecule is Cc1cc(C)c(N2CCC(C(N)=O)CC2)c(-c2ccnc3cc(CN4C(=O)C5C(C4=O)C5(C)C)sc23)n1. The predicted octanol–water partition coefficient (Wildman–Crippen LogP) is 3.82. The van der Waals surface area contributed by atoms with Gasteiger partial charge in [0, 0.05) is 41.3 Å². The molecule has 2 aliphatic heterocycles. The molecular formula is C28H31N5O3S. The maximum Gasteiger partial charge on any atom is 0.234 e. The number of piperidine rings is 2. The summed E-state index contributed by atoms with van der Waals surface area (Å²) in [5.74, 6) is -0.769. The Hall–Kier alpha value is -3.33. The average molecular weight is 518 g/mol. The summed E-state index contributed by atoms with van der Waals surface area (Å²) in [7, 11) is 0. The number of aryl methyl sites for hydroxylation is 2. The second-order valence-electron chi connectivity index (χ2n) is 11.3. The molecule has 3 aromatic rings. The van der Waals surface area contributed by atoms with Gasteiger partial charge in [0.15, 0.2) is 0 Å². The van der Waals surface area contributed by atoms with E-state index in [0.717, 1.165) is 69.2 Å². The first-order chi connectivity index (χ1) is 17.6. The van der Waals surface area contributed by atoms with Crippen molar-refractivity contribution in [1.29, 1.82) is 0 Å². The number of pyridine rings is 2. The van der Waals surface area contributed by atoms with E-state index >= 15 is 0 Å². The molecule has 6 rings (SSSR count). The van der Waals surface area contributed by atoms with Crippen molar-refractivity contribution < 1.29 is 14.4 Å². The molecule has 2 saturated heterocycles. The van der Waals surface area contributed by atoms with Gasteiger partial charge in [-0.25, -0.2) is 0 Å². The number of thiophene rings is 1. The lowest BCUT2D eigenvalue weighted by Gasteiger charge is -2.34. The van der Waals surface area contributed by atoms with Crippen molar-refractivity contribution in [3.63, 3.8) is 0 Å². The second-order valence-corrected chi connectivity index (χ2v) is 12.4. The summed E-state index contributed by atoms with van der Waals surface area (Å²) >= 11 is 1.57. The van der Waals surface area contributed by atoms with E-state index in [4.69, 9.17) is 10.7 Å². The van der Waals surface area contributed by atoms with E-state index in [1.807, 2.05) is 32.9 Å². The number of imide groups is 1. The van der Waals surface area contributed by atoms with Gasteiger partial charge in [-0.3, -0.25) is 29.3 Å². The van der Waals surface area contributed by atoms with Crippen molar-refractivity contribution in [2.45, 2.75) is 47.1 Å². The van der Waals surface area contributed by atoms with Crippen molar-refractivity contribution in [3.8, 4) is 11.3 Å². The summed E-state index contributed by atoms with van der Waals surface area (Å²) in [6, 6.07) is 6.07. The molecule has 0 radical (unpaired) electrons. The molecule has 3 aliphatic rings. The van der Waals surface area contributed by atoms with Gasteiger partial charge in [-0.1, -0.05) is 13.8 Å². The van der Waals surface area contributed by atoms with E-state index in [0.29, 0.717) is 0 Å². The van der Waals surface area contributed by atoms with E-state index in [9.17, 15) is 14.4 Å². The zero-order chi connectivity index (χ0) is 26.2. The van der Waals surface area contributed by atoms with E-state index in [1.165, 1.54) is 4.90 Å². The molecule has 8 nitrogen and oxygen atoms in total. The van der Waals surface area contributed by atoms with Crippen LogP contribution in [0.25, 0.3) is 21.5 Å². The summed E-state index contributed by atoms with van der Waals surface area (Å²) in [5, 5.41) is 0. The van der Waals surface area contributed by atoms with Crippen LogP contribution in [0.1, 0.15) is 42.8 Å². The molecule has 3 amide bonds. The number of hydrogen-bond donors (Lipinski definition) is 1. The number of carbonyl (C=O) groups is 3. The maximum absolute atomic E-state index is 12.9. The number of aromatic nitrogens is 2. The third kappa shape index (κ3) is 3.74.